The van der Waals surface area contributed by atoms with E-state index >= 15 is 0 Å². The van der Waals surface area contributed by atoms with Crippen molar-refractivity contribution >= 4 is 55.7 Å². The number of carbonyl (C=O) groups is 3. The molecule has 0 radical (unpaired) electrons. The Bertz CT molecular complexity index is 3880. The van der Waals surface area contributed by atoms with E-state index in [4.69, 9.17) is 9.15 Å². The van der Waals surface area contributed by atoms with Gasteiger partial charge in [-0.25, -0.2) is 31.7 Å². The van der Waals surface area contributed by atoms with Gasteiger partial charge in [-0.3, -0.25) is 9.59 Å². The Kier molecular flexibility index (Phi) is 20.1. The van der Waals surface area contributed by atoms with Crippen LogP contribution < -0.4 is 35.5 Å². The maximum Gasteiger partial charge on any atom is 0.407 e. The molecule has 87 heavy (non-hydrogen) atoms. The van der Waals surface area contributed by atoms with E-state index in [-0.39, 0.29) is 66.5 Å². The number of sulfonamides is 1. The van der Waals surface area contributed by atoms with E-state index in [1.54, 1.807) is 12.4 Å². The van der Waals surface area contributed by atoms with E-state index in [9.17, 15) is 31.6 Å². The highest BCUT2D eigenvalue weighted by atomic mass is 32.2. The quantitative estimate of drug-likeness (QED) is 0.0157. The van der Waals surface area contributed by atoms with Gasteiger partial charge < -0.3 is 44.0 Å². The second-order valence-corrected chi connectivity index (χ2v) is 25.1. The van der Waals surface area contributed by atoms with Gasteiger partial charge in [0.2, 0.25) is 27.2 Å². The third kappa shape index (κ3) is 14.5. The largest absolute Gasteiger partial charge is 0.456 e. The molecule has 20 heteroatoms. The Balaban J connectivity index is 0.910. The van der Waals surface area contributed by atoms with Gasteiger partial charge in [-0.05, 0) is 138 Å². The summed E-state index contributed by atoms with van der Waals surface area (Å²) in [6.45, 7) is 13.4. The summed E-state index contributed by atoms with van der Waals surface area (Å²) in [5.41, 5.74) is 8.81. The first-order chi connectivity index (χ1) is 42.1. The SMILES string of the molecule is CCN(CC)c1ccc2c(-c3ccc(S(=O)O)cc3S(=O)(=O)NCCCCC(NC(=O)OCC3c4ccccc4-c4ccccc43)C(=O)NC(Cc3cn(Cc4ccccc4)cn3)C(=O)NC3CCN(C)CC3)c3ccc(=[N+](CC)CC)cc-3oc2c1. The maximum absolute atomic E-state index is 14.9. The molecule has 1 fully saturated rings. The van der Waals surface area contributed by atoms with Crippen molar-refractivity contribution in [2.45, 2.75) is 107 Å². The van der Waals surface area contributed by atoms with Crippen molar-refractivity contribution in [1.82, 2.24) is 39.7 Å². The maximum atomic E-state index is 14.9. The third-order valence-corrected chi connectivity index (χ3v) is 19.0. The molecule has 1 aromatic heterocycles. The Hall–Kier alpha value is -8.01. The van der Waals surface area contributed by atoms with E-state index in [0.29, 0.717) is 45.7 Å². The molecule has 0 bridgehead atoms. The number of anilines is 1. The monoisotopic (exact) mass is 1220 g/mol. The molecular formula is C67H78N9O9S2+. The number of piperidine rings is 1. The molecule has 456 valence electrons. The molecule has 3 amide bonds. The zero-order chi connectivity index (χ0) is 61.2. The Morgan fingerprint density at radius 2 is 1.48 bits per heavy atom. The van der Waals surface area contributed by atoms with Crippen LogP contribution in [0.2, 0.25) is 0 Å². The predicted molar refractivity (Wildman–Crippen MR) is 340 cm³/mol. The normalized spacial score (nSPS) is 14.7. The Morgan fingerprint density at radius 1 is 0.793 bits per heavy atom. The van der Waals surface area contributed by atoms with Crippen LogP contribution in [0, 0.1) is 0 Å². The first-order valence-corrected chi connectivity index (χ1v) is 32.8. The van der Waals surface area contributed by atoms with Crippen LogP contribution in [0.25, 0.3) is 44.5 Å². The number of unbranched alkanes of at least 4 members (excludes halogenated alkanes) is 1. The number of imidazole rings is 1. The van der Waals surface area contributed by atoms with Gasteiger partial charge in [0.1, 0.15) is 43.1 Å². The Labute approximate surface area is 511 Å². The summed E-state index contributed by atoms with van der Waals surface area (Å²) < 4.78 is 72.3. The van der Waals surface area contributed by atoms with Crippen molar-refractivity contribution in [3.63, 3.8) is 0 Å². The zero-order valence-corrected chi connectivity index (χ0v) is 51.7. The predicted octanol–water partition coefficient (Wildman–Crippen LogP) is 8.98. The van der Waals surface area contributed by atoms with Gasteiger partial charge in [0.15, 0.2) is 11.1 Å². The lowest BCUT2D eigenvalue weighted by Crippen LogP contribution is -2.56. The van der Waals surface area contributed by atoms with Crippen molar-refractivity contribution in [1.29, 1.82) is 0 Å². The van der Waals surface area contributed by atoms with Gasteiger partial charge >= 0.3 is 6.09 Å². The van der Waals surface area contributed by atoms with Gasteiger partial charge in [0, 0.05) is 90.7 Å². The fourth-order valence-electron chi connectivity index (χ4n) is 12.1. The van der Waals surface area contributed by atoms with Crippen molar-refractivity contribution in [2.75, 3.05) is 64.4 Å². The number of hydrogen-bond donors (Lipinski definition) is 5. The second kappa shape index (κ2) is 28.2. The molecule has 10 rings (SSSR count). The topological polar surface area (TPSA) is 220 Å². The number of fused-ring (bicyclic) bond motifs is 5. The number of aromatic nitrogens is 2. The lowest BCUT2D eigenvalue weighted by atomic mass is 9.93. The first kappa shape index (κ1) is 62.1. The summed E-state index contributed by atoms with van der Waals surface area (Å²) in [7, 11) is -2.40. The molecule has 3 atom stereocenters. The lowest BCUT2D eigenvalue weighted by Gasteiger charge is -2.31. The molecule has 0 spiro atoms. The number of alkyl carbamates (subject to hydrolysis) is 1. The molecule has 3 unspecified atom stereocenters. The molecular weight excluding hydrogens is 1140 g/mol. The van der Waals surface area contributed by atoms with Crippen LogP contribution in [-0.4, -0.2) is 127 Å². The number of rotatable bonds is 25. The molecule has 0 saturated carbocycles. The summed E-state index contributed by atoms with van der Waals surface area (Å²) in [5.74, 6) is -0.717. The summed E-state index contributed by atoms with van der Waals surface area (Å²) >= 11 is -2.53. The lowest BCUT2D eigenvalue weighted by molar-refractivity contribution is -0.130. The minimum Gasteiger partial charge on any atom is -0.456 e. The molecule has 5 N–H and O–H groups in total. The Morgan fingerprint density at radius 3 is 2.17 bits per heavy atom. The minimum atomic E-state index is -4.44. The average Bonchev–Trinajstić information content (AvgIpc) is 2.08. The van der Waals surface area contributed by atoms with Gasteiger partial charge in [-0.2, -0.15) is 0 Å². The van der Waals surface area contributed by atoms with Crippen LogP contribution in [0.4, 0.5) is 10.5 Å². The molecule has 4 aliphatic rings. The molecule has 18 nitrogen and oxygen atoms in total. The fraction of sp³-hybridized carbons (Fsp3) is 0.358. The highest BCUT2D eigenvalue weighted by Crippen LogP contribution is 2.45. The summed E-state index contributed by atoms with van der Waals surface area (Å²) in [6, 6.07) is 39.5. The molecule has 5 aromatic carbocycles. The van der Waals surface area contributed by atoms with E-state index in [2.05, 4.69) is 67.7 Å². The highest BCUT2D eigenvalue weighted by molar-refractivity contribution is 7.89. The molecule has 2 aliphatic heterocycles. The van der Waals surface area contributed by atoms with Gasteiger partial charge in [0.25, 0.3) is 0 Å². The second-order valence-electron chi connectivity index (χ2n) is 22.4. The summed E-state index contributed by atoms with van der Waals surface area (Å²) in [5, 5.41) is 10.6. The number of likely N-dealkylation sites (tertiary alicyclic amines) is 1. The van der Waals surface area contributed by atoms with Gasteiger partial charge in [-0.1, -0.05) is 84.9 Å². The summed E-state index contributed by atoms with van der Waals surface area (Å²) in [6.07, 6.45) is 4.74. The smallest absolute Gasteiger partial charge is 0.407 e. The van der Waals surface area contributed by atoms with Crippen molar-refractivity contribution in [3.05, 3.63) is 174 Å². The molecule has 6 aromatic rings. The van der Waals surface area contributed by atoms with Crippen molar-refractivity contribution in [2.24, 2.45) is 0 Å². The number of carbonyl (C=O) groups excluding carboxylic acids is 3. The van der Waals surface area contributed by atoms with Gasteiger partial charge in [-0.15, -0.1) is 0 Å². The highest BCUT2D eigenvalue weighted by Gasteiger charge is 2.33. The molecule has 3 heterocycles. The molecule has 1 saturated heterocycles. The standard InChI is InChI=1S/C67H77N9O9S2/c1-6-75(7-2)48-26-29-55-61(38-48)85-62-39-49(76(8-3)9-4)27-30-56(62)64(55)57-31-28-50(86(80)81)40-63(57)87(82,83)69-34-18-17-25-59(72-67(79)84-43-58-53-23-15-13-21-51(53)52-22-14-16-24-54(52)58)65(77)71-60(66(78)70-46-32-35-73(5)36-33-46)37-47-42-74(44-68-47)41-45-19-11-10-12-20-45/h10-16,19-24,26-31,38-40,42,44,46,58-60,69H,6-9,17-18,25,32-37,41,43H2,1-5H3,(H3-,70,71,72,77,78,79,80,81)/p+1. The number of benzene rings is 6. The van der Waals surface area contributed by atoms with E-state index in [1.807, 2.05) is 133 Å². The average molecular weight is 1220 g/mol. The number of ether oxygens (including phenoxy) is 1. The van der Waals surface area contributed by atoms with Crippen LogP contribution in [0.1, 0.15) is 88.1 Å². The number of amides is 3. The van der Waals surface area contributed by atoms with E-state index in [1.165, 1.54) is 12.1 Å². The van der Waals surface area contributed by atoms with Crippen LogP contribution in [0.15, 0.2) is 160 Å². The van der Waals surface area contributed by atoms with Crippen LogP contribution in [0.5, 0.6) is 0 Å². The number of nitrogens with one attached hydrogen (secondary N) is 4. The van der Waals surface area contributed by atoms with Crippen molar-refractivity contribution in [3.8, 4) is 33.6 Å². The number of nitrogens with zero attached hydrogens (tertiary/aromatic N) is 5. The fourth-order valence-corrected chi connectivity index (χ4v) is 13.9. The first-order valence-electron chi connectivity index (χ1n) is 30.2. The minimum absolute atomic E-state index is 0.00562. The van der Waals surface area contributed by atoms with E-state index in [0.717, 1.165) is 91.0 Å². The summed E-state index contributed by atoms with van der Waals surface area (Å²) in [4.78, 5) is 52.0. The van der Waals surface area contributed by atoms with Crippen LogP contribution >= 0.6 is 0 Å². The van der Waals surface area contributed by atoms with Crippen LogP contribution in [-0.2, 0) is 48.4 Å². The van der Waals surface area contributed by atoms with Gasteiger partial charge in [0.05, 0.1) is 27.9 Å². The van der Waals surface area contributed by atoms with Crippen molar-refractivity contribution < 1.29 is 40.7 Å². The third-order valence-electron chi connectivity index (χ3n) is 16.8. The van der Waals surface area contributed by atoms with E-state index < -0.39 is 45.2 Å². The zero-order valence-electron chi connectivity index (χ0n) is 50.0. The molecule has 2 aliphatic carbocycles. The number of hydrogen-bond acceptors (Lipinski definition) is 11. The van der Waals surface area contributed by atoms with Crippen LogP contribution in [0.3, 0.4) is 0 Å².